The first-order valence-corrected chi connectivity index (χ1v) is 8.51. The van der Waals surface area contributed by atoms with E-state index in [0.29, 0.717) is 0 Å². The third-order valence-corrected chi connectivity index (χ3v) is 4.58. The molecule has 0 radical (unpaired) electrons. The normalized spacial score (nSPS) is 18.5. The fourth-order valence-electron chi connectivity index (χ4n) is 3.09. The third-order valence-electron chi connectivity index (χ3n) is 4.58. The highest BCUT2D eigenvalue weighted by Crippen LogP contribution is 2.20. The van der Waals surface area contributed by atoms with Crippen molar-refractivity contribution in [3.63, 3.8) is 0 Å². The van der Waals surface area contributed by atoms with Gasteiger partial charge in [0.05, 0.1) is 0 Å². The molecule has 1 aliphatic rings. The number of likely N-dealkylation sites (tertiary alicyclic amines) is 1. The highest BCUT2D eigenvalue weighted by Gasteiger charge is 2.31. The van der Waals surface area contributed by atoms with Crippen LogP contribution < -0.4 is 5.32 Å². The SMILES string of the molecule is Cc1cc(CNCC2CCCN2C(=O)OC(C)(C)C)c(C)n1C. The van der Waals surface area contributed by atoms with Gasteiger partial charge in [-0.15, -0.1) is 0 Å². The van der Waals surface area contributed by atoms with Crippen LogP contribution in [-0.2, 0) is 18.3 Å². The molecule has 2 heterocycles. The first kappa shape index (κ1) is 17.9. The van der Waals surface area contributed by atoms with Gasteiger partial charge >= 0.3 is 6.09 Å². The van der Waals surface area contributed by atoms with E-state index in [9.17, 15) is 4.79 Å². The summed E-state index contributed by atoms with van der Waals surface area (Å²) < 4.78 is 7.72. The lowest BCUT2D eigenvalue weighted by Gasteiger charge is -2.28. The Kier molecular flexibility index (Phi) is 5.40. The predicted octanol–water partition coefficient (Wildman–Crippen LogP) is 3.13. The molecule has 1 amide bonds. The van der Waals surface area contributed by atoms with Gasteiger partial charge in [0.15, 0.2) is 0 Å². The first-order valence-electron chi connectivity index (χ1n) is 8.51. The van der Waals surface area contributed by atoms with Crippen LogP contribution >= 0.6 is 0 Å². The molecule has 1 aromatic heterocycles. The zero-order valence-corrected chi connectivity index (χ0v) is 15.4. The van der Waals surface area contributed by atoms with Crippen LogP contribution in [0.2, 0.25) is 0 Å². The van der Waals surface area contributed by atoms with E-state index in [1.54, 1.807) is 0 Å². The van der Waals surface area contributed by atoms with Gasteiger partial charge < -0.3 is 19.5 Å². The molecule has 2 rings (SSSR count). The Labute approximate surface area is 140 Å². The van der Waals surface area contributed by atoms with Crippen LogP contribution in [0.5, 0.6) is 0 Å². The van der Waals surface area contributed by atoms with E-state index < -0.39 is 5.60 Å². The van der Waals surface area contributed by atoms with Gasteiger partial charge in [0.25, 0.3) is 0 Å². The van der Waals surface area contributed by atoms with Crippen LogP contribution in [0, 0.1) is 13.8 Å². The number of hydrogen-bond acceptors (Lipinski definition) is 3. The van der Waals surface area contributed by atoms with Gasteiger partial charge in [0, 0.05) is 44.1 Å². The quantitative estimate of drug-likeness (QED) is 0.927. The number of hydrogen-bond donors (Lipinski definition) is 1. The van der Waals surface area contributed by atoms with Crippen molar-refractivity contribution in [3.8, 4) is 0 Å². The van der Waals surface area contributed by atoms with Gasteiger partial charge in [-0.3, -0.25) is 0 Å². The molecule has 0 aromatic carbocycles. The van der Waals surface area contributed by atoms with Crippen molar-refractivity contribution >= 4 is 6.09 Å². The van der Waals surface area contributed by atoms with Gasteiger partial charge in [-0.2, -0.15) is 0 Å². The number of nitrogens with one attached hydrogen (secondary N) is 1. The van der Waals surface area contributed by atoms with Gasteiger partial charge in [-0.25, -0.2) is 4.79 Å². The maximum absolute atomic E-state index is 12.3. The number of carbonyl (C=O) groups is 1. The summed E-state index contributed by atoms with van der Waals surface area (Å²) in [6.45, 7) is 12.5. The fourth-order valence-corrected chi connectivity index (χ4v) is 3.09. The minimum Gasteiger partial charge on any atom is -0.444 e. The maximum atomic E-state index is 12.3. The molecule has 1 aromatic rings. The Morgan fingerprint density at radius 1 is 1.39 bits per heavy atom. The molecule has 0 aliphatic carbocycles. The molecule has 1 N–H and O–H groups in total. The number of carbonyl (C=O) groups excluding carboxylic acids is 1. The number of aromatic nitrogens is 1. The highest BCUT2D eigenvalue weighted by molar-refractivity contribution is 5.69. The van der Waals surface area contributed by atoms with Crippen molar-refractivity contribution in [2.24, 2.45) is 7.05 Å². The standard InChI is InChI=1S/C18H31N3O2/c1-13-10-15(14(2)20(13)6)11-19-12-16-8-7-9-21(16)17(22)23-18(3,4)5/h10,16,19H,7-9,11-12H2,1-6H3. The number of amides is 1. The molecule has 130 valence electrons. The molecule has 5 heteroatoms. The van der Waals surface area contributed by atoms with Gasteiger partial charge in [0.2, 0.25) is 0 Å². The summed E-state index contributed by atoms with van der Waals surface area (Å²) in [6.07, 6.45) is 1.90. The van der Waals surface area contributed by atoms with Crippen molar-refractivity contribution in [2.45, 2.75) is 65.6 Å². The van der Waals surface area contributed by atoms with Gasteiger partial charge in [-0.05, 0) is 59.1 Å². The second kappa shape index (κ2) is 6.95. The van der Waals surface area contributed by atoms with Gasteiger partial charge in [0.1, 0.15) is 5.60 Å². The van der Waals surface area contributed by atoms with E-state index in [-0.39, 0.29) is 12.1 Å². The van der Waals surface area contributed by atoms with Crippen molar-refractivity contribution < 1.29 is 9.53 Å². The van der Waals surface area contributed by atoms with Crippen LogP contribution in [0.25, 0.3) is 0 Å². The van der Waals surface area contributed by atoms with Crippen LogP contribution in [0.3, 0.4) is 0 Å². The molecule has 23 heavy (non-hydrogen) atoms. The van der Waals surface area contributed by atoms with Gasteiger partial charge in [-0.1, -0.05) is 0 Å². The topological polar surface area (TPSA) is 46.5 Å². The molecule has 1 fully saturated rings. The molecular weight excluding hydrogens is 290 g/mol. The number of ether oxygens (including phenoxy) is 1. The van der Waals surface area contributed by atoms with Crippen molar-refractivity contribution in [1.29, 1.82) is 0 Å². The summed E-state index contributed by atoms with van der Waals surface area (Å²) >= 11 is 0. The first-order chi connectivity index (χ1) is 10.7. The average molecular weight is 321 g/mol. The molecule has 0 bridgehead atoms. The van der Waals surface area contributed by atoms with Crippen molar-refractivity contribution in [2.75, 3.05) is 13.1 Å². The van der Waals surface area contributed by atoms with E-state index in [1.807, 2.05) is 25.7 Å². The summed E-state index contributed by atoms with van der Waals surface area (Å²) in [5.74, 6) is 0. The summed E-state index contributed by atoms with van der Waals surface area (Å²) in [5.41, 5.74) is 3.46. The largest absolute Gasteiger partial charge is 0.444 e. The Morgan fingerprint density at radius 2 is 2.09 bits per heavy atom. The molecule has 0 saturated carbocycles. The summed E-state index contributed by atoms with van der Waals surface area (Å²) in [6, 6.07) is 2.46. The van der Waals surface area contributed by atoms with Crippen LogP contribution in [0.4, 0.5) is 4.79 Å². The molecule has 1 aliphatic heterocycles. The Morgan fingerprint density at radius 3 is 2.65 bits per heavy atom. The summed E-state index contributed by atoms with van der Waals surface area (Å²) in [4.78, 5) is 14.2. The Balaban J connectivity index is 1.87. The van der Waals surface area contributed by atoms with Crippen LogP contribution in [-0.4, -0.2) is 40.3 Å². The van der Waals surface area contributed by atoms with E-state index in [2.05, 4.69) is 36.8 Å². The fraction of sp³-hybridized carbons (Fsp3) is 0.722. The number of rotatable bonds is 4. The monoisotopic (exact) mass is 321 g/mol. The smallest absolute Gasteiger partial charge is 0.410 e. The second-order valence-electron chi connectivity index (χ2n) is 7.56. The summed E-state index contributed by atoms with van der Waals surface area (Å²) in [7, 11) is 2.09. The number of nitrogens with zero attached hydrogens (tertiary/aromatic N) is 2. The summed E-state index contributed by atoms with van der Waals surface area (Å²) in [5, 5.41) is 3.51. The molecule has 1 atom stereocenters. The zero-order valence-electron chi connectivity index (χ0n) is 15.4. The Bertz CT molecular complexity index is 557. The molecule has 5 nitrogen and oxygen atoms in total. The third kappa shape index (κ3) is 4.50. The lowest BCUT2D eigenvalue weighted by molar-refractivity contribution is 0.0226. The molecular formula is C18H31N3O2. The molecule has 0 spiro atoms. The second-order valence-corrected chi connectivity index (χ2v) is 7.56. The molecule has 1 saturated heterocycles. The molecule has 1 unspecified atom stereocenters. The van der Waals surface area contributed by atoms with E-state index in [1.165, 1.54) is 17.0 Å². The van der Waals surface area contributed by atoms with Crippen LogP contribution in [0.1, 0.15) is 50.6 Å². The van der Waals surface area contributed by atoms with Crippen molar-refractivity contribution in [3.05, 3.63) is 23.0 Å². The minimum absolute atomic E-state index is 0.187. The van der Waals surface area contributed by atoms with Crippen LogP contribution in [0.15, 0.2) is 6.07 Å². The van der Waals surface area contributed by atoms with E-state index >= 15 is 0 Å². The zero-order chi connectivity index (χ0) is 17.2. The lowest BCUT2D eigenvalue weighted by Crippen LogP contribution is -2.44. The van der Waals surface area contributed by atoms with E-state index in [0.717, 1.165) is 32.5 Å². The highest BCUT2D eigenvalue weighted by atomic mass is 16.6. The minimum atomic E-state index is -0.434. The Hall–Kier alpha value is -1.49. The maximum Gasteiger partial charge on any atom is 0.410 e. The average Bonchev–Trinajstić information content (AvgIpc) is 2.99. The lowest BCUT2D eigenvalue weighted by atomic mass is 10.2. The van der Waals surface area contributed by atoms with E-state index in [4.69, 9.17) is 4.74 Å². The van der Waals surface area contributed by atoms with Crippen molar-refractivity contribution in [1.82, 2.24) is 14.8 Å². The number of aryl methyl sites for hydroxylation is 1. The predicted molar refractivity (Wildman–Crippen MR) is 92.6 cm³/mol.